The van der Waals surface area contributed by atoms with Crippen LogP contribution in [0.3, 0.4) is 0 Å². The monoisotopic (exact) mass is 382 g/mol. The maximum atomic E-state index is 12.0. The minimum absolute atomic E-state index is 0.0243. The van der Waals surface area contributed by atoms with Gasteiger partial charge >= 0.3 is 0 Å². The van der Waals surface area contributed by atoms with E-state index < -0.39 is 10.0 Å². The van der Waals surface area contributed by atoms with Crippen molar-refractivity contribution in [3.8, 4) is 5.75 Å². The zero-order valence-corrected chi connectivity index (χ0v) is 15.4. The molecule has 6 nitrogen and oxygen atoms in total. The minimum atomic E-state index is -3.73. The topological polar surface area (TPSA) is 98.5 Å². The van der Waals surface area contributed by atoms with E-state index in [-0.39, 0.29) is 23.5 Å². The van der Waals surface area contributed by atoms with Crippen LogP contribution in [0.15, 0.2) is 47.4 Å². The molecule has 25 heavy (non-hydrogen) atoms. The number of carbonyl (C=O) groups is 1. The number of nitrogens with one attached hydrogen (secondary N) is 1. The molecule has 134 valence electrons. The molecular weight excluding hydrogens is 364 g/mol. The number of nitrogens with two attached hydrogens (primary N) is 1. The lowest BCUT2D eigenvalue weighted by atomic mass is 10.1. The van der Waals surface area contributed by atoms with Gasteiger partial charge in [-0.1, -0.05) is 23.7 Å². The average Bonchev–Trinajstić information content (AvgIpc) is 2.55. The molecule has 0 bridgehead atoms. The summed E-state index contributed by atoms with van der Waals surface area (Å²) in [4.78, 5) is 12.0. The van der Waals surface area contributed by atoms with Crippen LogP contribution in [-0.4, -0.2) is 20.9 Å². The summed E-state index contributed by atoms with van der Waals surface area (Å²) in [6.45, 7) is 3.50. The third-order valence-electron chi connectivity index (χ3n) is 3.59. The van der Waals surface area contributed by atoms with E-state index in [0.717, 1.165) is 11.1 Å². The normalized spacial score (nSPS) is 12.5. The van der Waals surface area contributed by atoms with Gasteiger partial charge in [0.2, 0.25) is 10.0 Å². The van der Waals surface area contributed by atoms with Gasteiger partial charge in [0.25, 0.3) is 5.91 Å². The summed E-state index contributed by atoms with van der Waals surface area (Å²) < 4.78 is 27.9. The van der Waals surface area contributed by atoms with E-state index in [4.69, 9.17) is 21.5 Å². The first kappa shape index (κ1) is 19.2. The van der Waals surface area contributed by atoms with Gasteiger partial charge in [0, 0.05) is 5.02 Å². The van der Waals surface area contributed by atoms with Crippen molar-refractivity contribution >= 4 is 27.5 Å². The van der Waals surface area contributed by atoms with Crippen LogP contribution in [0.25, 0.3) is 0 Å². The molecule has 0 aliphatic carbocycles. The molecule has 0 aliphatic rings. The molecule has 0 heterocycles. The molecular formula is C17H19ClN2O4S. The van der Waals surface area contributed by atoms with Crippen molar-refractivity contribution in [2.24, 2.45) is 5.14 Å². The Hall–Kier alpha value is -2.09. The summed E-state index contributed by atoms with van der Waals surface area (Å²) in [5.41, 5.74) is 1.62. The Morgan fingerprint density at radius 3 is 2.44 bits per heavy atom. The number of aryl methyl sites for hydroxylation is 1. The summed E-state index contributed by atoms with van der Waals surface area (Å²) in [6.07, 6.45) is 0. The Bertz CT molecular complexity index is 867. The maximum Gasteiger partial charge on any atom is 0.258 e. The molecule has 1 unspecified atom stereocenters. The summed E-state index contributed by atoms with van der Waals surface area (Å²) in [6, 6.07) is 10.9. The first-order valence-electron chi connectivity index (χ1n) is 7.48. The standard InChI is InChI=1S/C17H19ClN2O4S/c1-11-9-14(5-8-16(11)18)24-10-17(21)20-12(2)13-3-6-15(7-4-13)25(19,22)23/h3-9,12H,10H2,1-2H3,(H,20,21)(H2,19,22,23). The Labute approximate surface area is 152 Å². The number of primary sulfonamides is 1. The Kier molecular flexibility index (Phi) is 6.05. The lowest BCUT2D eigenvalue weighted by molar-refractivity contribution is -0.123. The largest absolute Gasteiger partial charge is 0.484 e. The van der Waals surface area contributed by atoms with E-state index in [0.29, 0.717) is 10.8 Å². The van der Waals surface area contributed by atoms with Crippen LogP contribution in [0, 0.1) is 6.92 Å². The summed E-state index contributed by atoms with van der Waals surface area (Å²) in [5, 5.41) is 8.47. The lowest BCUT2D eigenvalue weighted by Crippen LogP contribution is -2.31. The highest BCUT2D eigenvalue weighted by atomic mass is 35.5. The van der Waals surface area contributed by atoms with Crippen LogP contribution in [0.1, 0.15) is 24.1 Å². The van der Waals surface area contributed by atoms with Gasteiger partial charge < -0.3 is 10.1 Å². The number of amides is 1. The predicted octanol–water partition coefficient (Wildman–Crippen LogP) is 2.55. The summed E-state index contributed by atoms with van der Waals surface area (Å²) in [5.74, 6) is 0.262. The predicted molar refractivity (Wildman–Crippen MR) is 96.1 cm³/mol. The second-order valence-electron chi connectivity index (χ2n) is 5.60. The number of ether oxygens (including phenoxy) is 1. The fourth-order valence-corrected chi connectivity index (χ4v) is 2.80. The molecule has 0 spiro atoms. The first-order chi connectivity index (χ1) is 11.7. The number of halogens is 1. The van der Waals surface area contributed by atoms with E-state index in [9.17, 15) is 13.2 Å². The Balaban J connectivity index is 1.92. The van der Waals surface area contributed by atoms with Gasteiger partial charge in [-0.25, -0.2) is 13.6 Å². The maximum absolute atomic E-state index is 12.0. The fourth-order valence-electron chi connectivity index (χ4n) is 2.17. The molecule has 0 saturated carbocycles. The van der Waals surface area contributed by atoms with Crippen LogP contribution < -0.4 is 15.2 Å². The van der Waals surface area contributed by atoms with Gasteiger partial charge in [-0.2, -0.15) is 0 Å². The third-order valence-corrected chi connectivity index (χ3v) is 4.94. The molecule has 1 atom stereocenters. The second kappa shape index (κ2) is 7.86. The van der Waals surface area contributed by atoms with Gasteiger partial charge in [-0.15, -0.1) is 0 Å². The third kappa shape index (κ3) is 5.45. The van der Waals surface area contributed by atoms with Gasteiger partial charge in [0.15, 0.2) is 6.61 Å². The van der Waals surface area contributed by atoms with Crippen molar-refractivity contribution in [1.29, 1.82) is 0 Å². The SMILES string of the molecule is Cc1cc(OCC(=O)NC(C)c2ccc(S(N)(=O)=O)cc2)ccc1Cl. The average molecular weight is 383 g/mol. The molecule has 2 aromatic carbocycles. The van der Waals surface area contributed by atoms with Crippen LogP contribution in [0.5, 0.6) is 5.75 Å². The van der Waals surface area contributed by atoms with Crippen molar-refractivity contribution in [2.75, 3.05) is 6.61 Å². The number of benzene rings is 2. The van der Waals surface area contributed by atoms with Gasteiger partial charge in [-0.05, 0) is 55.3 Å². The van der Waals surface area contributed by atoms with Crippen molar-refractivity contribution in [3.05, 3.63) is 58.6 Å². The molecule has 0 radical (unpaired) electrons. The van der Waals surface area contributed by atoms with Crippen LogP contribution in [-0.2, 0) is 14.8 Å². The van der Waals surface area contributed by atoms with Crippen molar-refractivity contribution in [3.63, 3.8) is 0 Å². The minimum Gasteiger partial charge on any atom is -0.484 e. The van der Waals surface area contributed by atoms with E-state index in [2.05, 4.69) is 5.32 Å². The highest BCUT2D eigenvalue weighted by Gasteiger charge is 2.12. The smallest absolute Gasteiger partial charge is 0.258 e. The second-order valence-corrected chi connectivity index (χ2v) is 7.57. The number of carbonyl (C=O) groups excluding carboxylic acids is 1. The van der Waals surface area contributed by atoms with Crippen molar-refractivity contribution in [1.82, 2.24) is 5.32 Å². The zero-order chi connectivity index (χ0) is 18.6. The van der Waals surface area contributed by atoms with Crippen LogP contribution >= 0.6 is 11.6 Å². The number of sulfonamides is 1. The summed E-state index contributed by atoms with van der Waals surface area (Å²) >= 11 is 5.94. The highest BCUT2D eigenvalue weighted by Crippen LogP contribution is 2.21. The zero-order valence-electron chi connectivity index (χ0n) is 13.8. The number of hydrogen-bond donors (Lipinski definition) is 2. The van der Waals surface area contributed by atoms with E-state index in [1.54, 1.807) is 37.3 Å². The fraction of sp³-hybridized carbons (Fsp3) is 0.235. The molecule has 2 rings (SSSR count). The van der Waals surface area contributed by atoms with E-state index >= 15 is 0 Å². The molecule has 0 aliphatic heterocycles. The molecule has 0 fully saturated rings. The molecule has 2 aromatic rings. The first-order valence-corrected chi connectivity index (χ1v) is 9.40. The van der Waals surface area contributed by atoms with Gasteiger partial charge in [-0.3, -0.25) is 4.79 Å². The van der Waals surface area contributed by atoms with Gasteiger partial charge in [0.05, 0.1) is 10.9 Å². The molecule has 0 saturated heterocycles. The summed E-state index contributed by atoms with van der Waals surface area (Å²) in [7, 11) is -3.73. The van der Waals surface area contributed by atoms with Gasteiger partial charge in [0.1, 0.15) is 5.75 Å². The molecule has 8 heteroatoms. The number of hydrogen-bond acceptors (Lipinski definition) is 4. The molecule has 1 amide bonds. The molecule has 3 N–H and O–H groups in total. The quantitative estimate of drug-likeness (QED) is 0.802. The molecule has 0 aromatic heterocycles. The Morgan fingerprint density at radius 1 is 1.24 bits per heavy atom. The number of rotatable bonds is 6. The highest BCUT2D eigenvalue weighted by molar-refractivity contribution is 7.89. The van der Waals surface area contributed by atoms with E-state index in [1.807, 2.05) is 6.92 Å². The van der Waals surface area contributed by atoms with Crippen LogP contribution in [0.2, 0.25) is 5.02 Å². The van der Waals surface area contributed by atoms with Crippen molar-refractivity contribution < 1.29 is 17.9 Å². The Morgan fingerprint density at radius 2 is 1.88 bits per heavy atom. The van der Waals surface area contributed by atoms with Crippen LogP contribution in [0.4, 0.5) is 0 Å². The van der Waals surface area contributed by atoms with Crippen molar-refractivity contribution in [2.45, 2.75) is 24.8 Å². The lowest BCUT2D eigenvalue weighted by Gasteiger charge is -2.15. The van der Waals surface area contributed by atoms with E-state index in [1.165, 1.54) is 12.1 Å².